The Morgan fingerprint density at radius 3 is 2.92 bits per heavy atom. The molecule has 12 heavy (non-hydrogen) atoms. The molecule has 0 aliphatic heterocycles. The smallest absolute Gasteiger partial charge is 0.141 e. The van der Waals surface area contributed by atoms with E-state index >= 15 is 0 Å². The van der Waals surface area contributed by atoms with Crippen molar-refractivity contribution in [3.63, 3.8) is 0 Å². The summed E-state index contributed by atoms with van der Waals surface area (Å²) in [6.07, 6.45) is 3.49. The minimum absolute atomic E-state index is 0.294. The maximum Gasteiger partial charge on any atom is 0.141 e. The quantitative estimate of drug-likeness (QED) is 0.736. The zero-order chi connectivity index (χ0) is 8.97. The maximum absolute atomic E-state index is 5.17. The highest BCUT2D eigenvalue weighted by Crippen LogP contribution is 2.22. The Bertz CT molecular complexity index is 250. The second-order valence-corrected chi connectivity index (χ2v) is 2.63. The van der Waals surface area contributed by atoms with E-state index in [1.54, 1.807) is 19.5 Å². The molecule has 66 valence electrons. The van der Waals surface area contributed by atoms with Gasteiger partial charge in [-0.3, -0.25) is 4.98 Å². The Morgan fingerprint density at radius 2 is 2.33 bits per heavy atom. The van der Waals surface area contributed by atoms with Gasteiger partial charge in [-0.2, -0.15) is 0 Å². The van der Waals surface area contributed by atoms with Crippen molar-refractivity contribution in [3.05, 3.63) is 24.0 Å². The van der Waals surface area contributed by atoms with Gasteiger partial charge in [0.2, 0.25) is 0 Å². The van der Waals surface area contributed by atoms with E-state index in [4.69, 9.17) is 4.74 Å². The molecule has 3 heteroatoms. The lowest BCUT2D eigenvalue weighted by Crippen LogP contribution is -2.13. The molecule has 1 atom stereocenters. The van der Waals surface area contributed by atoms with Gasteiger partial charge in [-0.1, -0.05) is 0 Å². The third kappa shape index (κ3) is 1.74. The second-order valence-electron chi connectivity index (χ2n) is 2.63. The van der Waals surface area contributed by atoms with Crippen LogP contribution >= 0.6 is 0 Å². The number of nitrogens with one attached hydrogen (secondary N) is 1. The first-order chi connectivity index (χ1) is 5.79. The lowest BCUT2D eigenvalue weighted by atomic mass is 10.1. The first-order valence-corrected chi connectivity index (χ1v) is 3.94. The van der Waals surface area contributed by atoms with Crippen molar-refractivity contribution in [2.45, 2.75) is 13.0 Å². The van der Waals surface area contributed by atoms with Gasteiger partial charge >= 0.3 is 0 Å². The molecule has 0 amide bonds. The summed E-state index contributed by atoms with van der Waals surface area (Å²) in [6, 6.07) is 2.25. The SMILES string of the molecule is CNC(C)c1ccncc1OC. The van der Waals surface area contributed by atoms with Gasteiger partial charge in [0.15, 0.2) is 0 Å². The lowest BCUT2D eigenvalue weighted by Gasteiger charge is -2.13. The first kappa shape index (κ1) is 9.00. The van der Waals surface area contributed by atoms with Crippen LogP contribution in [0.25, 0.3) is 0 Å². The molecule has 0 saturated carbocycles. The van der Waals surface area contributed by atoms with Gasteiger partial charge in [-0.25, -0.2) is 0 Å². The van der Waals surface area contributed by atoms with Gasteiger partial charge in [0.1, 0.15) is 5.75 Å². The van der Waals surface area contributed by atoms with Crippen molar-refractivity contribution < 1.29 is 4.74 Å². The van der Waals surface area contributed by atoms with Crippen molar-refractivity contribution in [3.8, 4) is 5.75 Å². The highest BCUT2D eigenvalue weighted by molar-refractivity contribution is 5.32. The molecule has 0 fully saturated rings. The van der Waals surface area contributed by atoms with Gasteiger partial charge in [0, 0.05) is 17.8 Å². The fourth-order valence-electron chi connectivity index (χ4n) is 1.07. The van der Waals surface area contributed by atoms with Crippen molar-refractivity contribution in [1.82, 2.24) is 10.3 Å². The predicted molar refractivity (Wildman–Crippen MR) is 48.3 cm³/mol. The molecule has 0 aliphatic carbocycles. The summed E-state index contributed by atoms with van der Waals surface area (Å²) in [4.78, 5) is 3.98. The van der Waals surface area contributed by atoms with E-state index in [-0.39, 0.29) is 0 Å². The molecule has 1 aromatic heterocycles. The van der Waals surface area contributed by atoms with Crippen LogP contribution in [0.5, 0.6) is 5.75 Å². The summed E-state index contributed by atoms with van der Waals surface area (Å²) in [6.45, 7) is 2.08. The van der Waals surface area contributed by atoms with E-state index in [0.29, 0.717) is 6.04 Å². The van der Waals surface area contributed by atoms with E-state index in [1.165, 1.54) is 0 Å². The van der Waals surface area contributed by atoms with Crippen LogP contribution in [0.2, 0.25) is 0 Å². The molecule has 0 saturated heterocycles. The van der Waals surface area contributed by atoms with E-state index in [9.17, 15) is 0 Å². The molecule has 0 radical (unpaired) electrons. The minimum atomic E-state index is 0.294. The van der Waals surface area contributed by atoms with Crippen LogP contribution in [-0.4, -0.2) is 19.1 Å². The minimum Gasteiger partial charge on any atom is -0.495 e. The van der Waals surface area contributed by atoms with Gasteiger partial charge in [0.05, 0.1) is 13.3 Å². The molecule has 0 aliphatic rings. The molecule has 0 spiro atoms. The van der Waals surface area contributed by atoms with Crippen molar-refractivity contribution in [2.75, 3.05) is 14.2 Å². The Hall–Kier alpha value is -1.09. The number of ether oxygens (including phenoxy) is 1. The summed E-state index contributed by atoms with van der Waals surface area (Å²) in [7, 11) is 3.58. The van der Waals surface area contributed by atoms with Gasteiger partial charge in [-0.15, -0.1) is 0 Å². The van der Waals surface area contributed by atoms with Crippen LogP contribution in [0, 0.1) is 0 Å². The van der Waals surface area contributed by atoms with Crippen LogP contribution in [0.15, 0.2) is 18.5 Å². The number of hydrogen-bond acceptors (Lipinski definition) is 3. The summed E-state index contributed by atoms with van der Waals surface area (Å²) in [5.41, 5.74) is 1.13. The van der Waals surface area contributed by atoms with E-state index < -0.39 is 0 Å². The normalized spacial score (nSPS) is 12.6. The van der Waals surface area contributed by atoms with Crippen LogP contribution in [0.3, 0.4) is 0 Å². The largest absolute Gasteiger partial charge is 0.495 e. The molecular weight excluding hydrogens is 152 g/mol. The van der Waals surface area contributed by atoms with Gasteiger partial charge in [-0.05, 0) is 20.0 Å². The van der Waals surface area contributed by atoms with Crippen molar-refractivity contribution in [1.29, 1.82) is 0 Å². The average molecular weight is 166 g/mol. The zero-order valence-electron chi connectivity index (χ0n) is 7.66. The molecule has 1 heterocycles. The number of nitrogens with zero attached hydrogens (tertiary/aromatic N) is 1. The Kier molecular flexibility index (Phi) is 3.05. The number of aromatic nitrogens is 1. The van der Waals surface area contributed by atoms with Crippen LogP contribution in [0.4, 0.5) is 0 Å². The fraction of sp³-hybridized carbons (Fsp3) is 0.444. The van der Waals surface area contributed by atoms with Crippen molar-refractivity contribution >= 4 is 0 Å². The monoisotopic (exact) mass is 166 g/mol. The third-order valence-corrected chi connectivity index (χ3v) is 1.94. The number of hydrogen-bond donors (Lipinski definition) is 1. The molecule has 0 bridgehead atoms. The fourth-order valence-corrected chi connectivity index (χ4v) is 1.07. The molecule has 3 nitrogen and oxygen atoms in total. The molecule has 1 N–H and O–H groups in total. The number of pyridine rings is 1. The average Bonchev–Trinajstić information content (AvgIpc) is 2.16. The summed E-state index contributed by atoms with van der Waals surface area (Å²) in [5, 5.41) is 3.15. The third-order valence-electron chi connectivity index (χ3n) is 1.94. The van der Waals surface area contributed by atoms with Gasteiger partial charge < -0.3 is 10.1 Å². The zero-order valence-corrected chi connectivity index (χ0v) is 7.66. The van der Waals surface area contributed by atoms with E-state index in [2.05, 4.69) is 17.2 Å². The Balaban J connectivity index is 2.96. The van der Waals surface area contributed by atoms with Crippen LogP contribution in [0.1, 0.15) is 18.5 Å². The maximum atomic E-state index is 5.17. The highest BCUT2D eigenvalue weighted by atomic mass is 16.5. The predicted octanol–water partition coefficient (Wildman–Crippen LogP) is 1.37. The van der Waals surface area contributed by atoms with Gasteiger partial charge in [0.25, 0.3) is 0 Å². The molecule has 1 rings (SSSR count). The van der Waals surface area contributed by atoms with Crippen LogP contribution in [-0.2, 0) is 0 Å². The van der Waals surface area contributed by atoms with Crippen LogP contribution < -0.4 is 10.1 Å². The topological polar surface area (TPSA) is 34.2 Å². The summed E-state index contributed by atoms with van der Waals surface area (Å²) in [5.74, 6) is 0.833. The first-order valence-electron chi connectivity index (χ1n) is 3.94. The lowest BCUT2D eigenvalue weighted by molar-refractivity contribution is 0.402. The highest BCUT2D eigenvalue weighted by Gasteiger charge is 2.07. The summed E-state index contributed by atoms with van der Waals surface area (Å²) < 4.78 is 5.17. The Morgan fingerprint density at radius 1 is 1.58 bits per heavy atom. The molecular formula is C9H14N2O. The molecule has 1 unspecified atom stereocenters. The number of rotatable bonds is 3. The van der Waals surface area contributed by atoms with E-state index in [0.717, 1.165) is 11.3 Å². The molecule has 1 aromatic rings. The standard InChI is InChI=1S/C9H14N2O/c1-7(10-2)8-4-5-11-6-9(8)12-3/h4-7,10H,1-3H3. The number of methoxy groups -OCH3 is 1. The summed E-state index contributed by atoms with van der Waals surface area (Å²) >= 11 is 0. The van der Waals surface area contributed by atoms with E-state index in [1.807, 2.05) is 13.1 Å². The second kappa shape index (κ2) is 4.07. The molecule has 0 aromatic carbocycles. The van der Waals surface area contributed by atoms with Crippen molar-refractivity contribution in [2.24, 2.45) is 0 Å². The Labute approximate surface area is 72.8 Å².